The molecule has 1 atom stereocenters. The van der Waals surface area contributed by atoms with Crippen molar-refractivity contribution in [2.45, 2.75) is 12.5 Å². The van der Waals surface area contributed by atoms with Crippen LogP contribution in [0.3, 0.4) is 0 Å². The minimum atomic E-state index is -0.754. The summed E-state index contributed by atoms with van der Waals surface area (Å²) in [4.78, 5) is 3.71. The lowest BCUT2D eigenvalue weighted by Gasteiger charge is -2.12. The predicted molar refractivity (Wildman–Crippen MR) is 59.5 cm³/mol. The van der Waals surface area contributed by atoms with Gasteiger partial charge in [0.25, 0.3) is 0 Å². The molecule has 0 aliphatic carbocycles. The Morgan fingerprint density at radius 2 is 2.12 bits per heavy atom. The number of hydrogen-bond donors (Lipinski definition) is 0. The third-order valence-corrected chi connectivity index (χ3v) is 2.70. The van der Waals surface area contributed by atoms with Gasteiger partial charge in [0, 0.05) is 33.4 Å². The molecular weight excluding hydrogens is 202 g/mol. The topological polar surface area (TPSA) is 40.0 Å². The molecule has 5 nitrogen and oxygen atoms in total. The summed E-state index contributed by atoms with van der Waals surface area (Å²) in [6, 6.07) is 1.87. The second-order valence-corrected chi connectivity index (χ2v) is 3.96. The molecular formula is C11H13N5. The Morgan fingerprint density at radius 1 is 1.38 bits per heavy atom. The van der Waals surface area contributed by atoms with Gasteiger partial charge in [0.1, 0.15) is 0 Å². The van der Waals surface area contributed by atoms with Crippen LogP contribution < -0.4 is 0 Å². The molecule has 0 N–H and O–H groups in total. The maximum atomic E-state index is 7.39. The maximum absolute atomic E-state index is 7.39. The van der Waals surface area contributed by atoms with Crippen LogP contribution in [0.25, 0.3) is 4.85 Å². The first-order valence-corrected chi connectivity index (χ1v) is 4.94. The van der Waals surface area contributed by atoms with Crippen LogP contribution in [-0.2, 0) is 19.6 Å². The molecule has 0 fully saturated rings. The summed E-state index contributed by atoms with van der Waals surface area (Å²) < 4.78 is 3.40. The van der Waals surface area contributed by atoms with E-state index in [9.17, 15) is 0 Å². The van der Waals surface area contributed by atoms with Crippen molar-refractivity contribution in [2.75, 3.05) is 0 Å². The Bertz CT molecular complexity index is 502. The van der Waals surface area contributed by atoms with Crippen molar-refractivity contribution in [3.63, 3.8) is 0 Å². The molecule has 0 saturated heterocycles. The molecule has 1 unspecified atom stereocenters. The van der Waals surface area contributed by atoms with Crippen molar-refractivity contribution in [1.29, 1.82) is 0 Å². The minimum absolute atomic E-state index is 0.748. The Hall–Kier alpha value is -2.09. The molecule has 2 heterocycles. The SMILES string of the molecule is [C-]#[N+]C(C)(c1cnn(C)c1)c1ccn(C)n1. The predicted octanol–water partition coefficient (Wildman–Crippen LogP) is 1.34. The highest BCUT2D eigenvalue weighted by Crippen LogP contribution is 2.31. The average Bonchev–Trinajstić information content (AvgIpc) is 2.86. The molecule has 82 valence electrons. The zero-order valence-electron chi connectivity index (χ0n) is 9.55. The van der Waals surface area contributed by atoms with E-state index in [1.807, 2.05) is 39.5 Å². The summed E-state index contributed by atoms with van der Waals surface area (Å²) >= 11 is 0. The van der Waals surface area contributed by atoms with Crippen LogP contribution in [0.5, 0.6) is 0 Å². The van der Waals surface area contributed by atoms with Gasteiger partial charge >= 0.3 is 5.54 Å². The lowest BCUT2D eigenvalue weighted by Crippen LogP contribution is -2.19. The van der Waals surface area contributed by atoms with Crippen LogP contribution in [0.2, 0.25) is 0 Å². The number of aryl methyl sites for hydroxylation is 2. The molecule has 2 rings (SSSR count). The molecule has 0 aliphatic heterocycles. The third-order valence-electron chi connectivity index (χ3n) is 2.70. The largest absolute Gasteiger partial charge is 0.301 e. The number of aromatic nitrogens is 4. The van der Waals surface area contributed by atoms with Crippen LogP contribution >= 0.6 is 0 Å². The Morgan fingerprint density at radius 3 is 2.56 bits per heavy atom. The molecule has 16 heavy (non-hydrogen) atoms. The van der Waals surface area contributed by atoms with E-state index in [1.54, 1.807) is 15.6 Å². The van der Waals surface area contributed by atoms with Gasteiger partial charge in [-0.15, -0.1) is 0 Å². The van der Waals surface area contributed by atoms with Crippen LogP contribution in [0.4, 0.5) is 0 Å². The van der Waals surface area contributed by atoms with Crippen molar-refractivity contribution >= 4 is 0 Å². The summed E-state index contributed by atoms with van der Waals surface area (Å²) in [6.45, 7) is 9.25. The Labute approximate surface area is 94.1 Å². The highest BCUT2D eigenvalue weighted by Gasteiger charge is 2.39. The quantitative estimate of drug-likeness (QED) is 0.709. The fourth-order valence-electron chi connectivity index (χ4n) is 1.62. The highest BCUT2D eigenvalue weighted by atomic mass is 15.3. The van der Waals surface area contributed by atoms with E-state index in [2.05, 4.69) is 15.0 Å². The van der Waals surface area contributed by atoms with E-state index < -0.39 is 5.54 Å². The molecule has 2 aromatic heterocycles. The summed E-state index contributed by atoms with van der Waals surface area (Å²) in [7, 11) is 3.68. The van der Waals surface area contributed by atoms with Crippen molar-refractivity contribution in [1.82, 2.24) is 19.6 Å². The van der Waals surface area contributed by atoms with Gasteiger partial charge in [0.05, 0.1) is 11.8 Å². The first kappa shape index (κ1) is 10.4. The lowest BCUT2D eigenvalue weighted by atomic mass is 9.92. The highest BCUT2D eigenvalue weighted by molar-refractivity contribution is 5.34. The fourth-order valence-corrected chi connectivity index (χ4v) is 1.62. The van der Waals surface area contributed by atoms with Crippen molar-refractivity contribution in [3.8, 4) is 0 Å². The molecule has 0 aliphatic rings. The maximum Gasteiger partial charge on any atom is 0.301 e. The number of rotatable bonds is 2. The van der Waals surface area contributed by atoms with E-state index in [0.29, 0.717) is 0 Å². The average molecular weight is 215 g/mol. The van der Waals surface area contributed by atoms with E-state index in [-0.39, 0.29) is 0 Å². The molecule has 0 bridgehead atoms. The van der Waals surface area contributed by atoms with Gasteiger partial charge in [-0.25, -0.2) is 6.57 Å². The first-order chi connectivity index (χ1) is 7.56. The van der Waals surface area contributed by atoms with Gasteiger partial charge in [-0.2, -0.15) is 10.2 Å². The van der Waals surface area contributed by atoms with Crippen molar-refractivity contribution in [2.24, 2.45) is 14.1 Å². The molecule has 0 amide bonds. The normalized spacial score (nSPS) is 14.4. The molecule has 2 aromatic rings. The smallest absolute Gasteiger partial charge is 0.298 e. The Kier molecular flexibility index (Phi) is 2.27. The zero-order valence-corrected chi connectivity index (χ0v) is 9.55. The zero-order chi connectivity index (χ0) is 11.8. The van der Waals surface area contributed by atoms with E-state index in [1.165, 1.54) is 0 Å². The van der Waals surface area contributed by atoms with Gasteiger partial charge in [-0.05, 0) is 6.07 Å². The van der Waals surface area contributed by atoms with Crippen LogP contribution in [0.15, 0.2) is 24.7 Å². The monoisotopic (exact) mass is 215 g/mol. The second kappa shape index (κ2) is 3.49. The molecule has 0 radical (unpaired) electrons. The molecule has 0 spiro atoms. The standard InChI is InChI=1S/C11H13N5/c1-11(12-2,9-7-13-16(4)8-9)10-5-6-15(3)14-10/h5-8H,1,3-4H3. The van der Waals surface area contributed by atoms with Crippen LogP contribution in [0.1, 0.15) is 18.2 Å². The number of nitrogens with zero attached hydrogens (tertiary/aromatic N) is 5. The summed E-state index contributed by atoms with van der Waals surface area (Å²) in [5.74, 6) is 0. The van der Waals surface area contributed by atoms with E-state index in [4.69, 9.17) is 6.57 Å². The van der Waals surface area contributed by atoms with E-state index in [0.717, 1.165) is 11.3 Å². The summed E-state index contributed by atoms with van der Waals surface area (Å²) in [5, 5.41) is 8.41. The summed E-state index contributed by atoms with van der Waals surface area (Å²) in [5.41, 5.74) is 0.858. The molecule has 0 saturated carbocycles. The number of hydrogen-bond acceptors (Lipinski definition) is 2. The van der Waals surface area contributed by atoms with Crippen molar-refractivity contribution < 1.29 is 0 Å². The Balaban J connectivity index is 2.52. The van der Waals surface area contributed by atoms with Crippen molar-refractivity contribution in [3.05, 3.63) is 47.3 Å². The summed E-state index contributed by atoms with van der Waals surface area (Å²) in [6.07, 6.45) is 5.41. The molecule has 5 heteroatoms. The van der Waals surface area contributed by atoms with Crippen LogP contribution in [0, 0.1) is 6.57 Å². The molecule has 0 aromatic carbocycles. The van der Waals surface area contributed by atoms with Crippen LogP contribution in [-0.4, -0.2) is 19.6 Å². The fraction of sp³-hybridized carbons (Fsp3) is 0.364. The van der Waals surface area contributed by atoms with Gasteiger partial charge in [-0.1, -0.05) is 0 Å². The lowest BCUT2D eigenvalue weighted by molar-refractivity contribution is 0.646. The second-order valence-electron chi connectivity index (χ2n) is 3.96. The van der Waals surface area contributed by atoms with Gasteiger partial charge in [-0.3, -0.25) is 14.2 Å². The first-order valence-electron chi connectivity index (χ1n) is 4.94. The van der Waals surface area contributed by atoms with Gasteiger partial charge < -0.3 is 0 Å². The van der Waals surface area contributed by atoms with E-state index >= 15 is 0 Å². The van der Waals surface area contributed by atoms with Gasteiger partial charge in [0.15, 0.2) is 5.69 Å². The van der Waals surface area contributed by atoms with Gasteiger partial charge in [0.2, 0.25) is 0 Å². The minimum Gasteiger partial charge on any atom is -0.298 e. The third kappa shape index (κ3) is 1.48.